The molecule has 3 nitrogen and oxygen atoms in total. The van der Waals surface area contributed by atoms with Gasteiger partial charge in [0.15, 0.2) is 10.5 Å². The molecule has 0 aliphatic carbocycles. The van der Waals surface area contributed by atoms with Crippen LogP contribution in [0.4, 0.5) is 4.39 Å². The Labute approximate surface area is 107 Å². The Hall–Kier alpha value is -1.53. The highest BCUT2D eigenvalue weighted by molar-refractivity contribution is 5.98. The van der Waals surface area contributed by atoms with Crippen LogP contribution in [0.3, 0.4) is 0 Å². The molecule has 94 valence electrons. The summed E-state index contributed by atoms with van der Waals surface area (Å²) in [4.78, 5) is 0. The average Bonchev–Trinajstić information content (AvgIpc) is 2.40. The topological polar surface area (TPSA) is 49.7 Å². The van der Waals surface area contributed by atoms with Gasteiger partial charge in [0.1, 0.15) is 5.82 Å². The smallest absolute Gasteiger partial charge is 0.296 e. The van der Waals surface area contributed by atoms with Gasteiger partial charge in [-0.2, -0.15) is 0 Å². The van der Waals surface area contributed by atoms with Gasteiger partial charge in [-0.05, 0) is 23.3 Å². The normalized spacial score (nSPS) is 11.7. The van der Waals surface area contributed by atoms with E-state index < -0.39 is 5.97 Å². The standard InChI is InChI=1S/C13H13FO3Si/c14-12-7-3-10(4-8-12)9-1-5-11(6-2-9)13(15,16)17-18/h1-8,15-16H,18H3. The summed E-state index contributed by atoms with van der Waals surface area (Å²) >= 11 is 0. The number of rotatable bonds is 3. The van der Waals surface area contributed by atoms with Gasteiger partial charge in [0.05, 0.1) is 0 Å². The van der Waals surface area contributed by atoms with Gasteiger partial charge in [0.2, 0.25) is 0 Å². The summed E-state index contributed by atoms with van der Waals surface area (Å²) in [5.74, 6) is -2.52. The highest BCUT2D eigenvalue weighted by Gasteiger charge is 2.24. The Balaban J connectivity index is 2.30. The molecule has 0 radical (unpaired) electrons. The van der Waals surface area contributed by atoms with Crippen molar-refractivity contribution in [2.24, 2.45) is 0 Å². The van der Waals surface area contributed by atoms with Gasteiger partial charge in [-0.25, -0.2) is 4.39 Å². The van der Waals surface area contributed by atoms with Gasteiger partial charge in [-0.3, -0.25) is 0 Å². The lowest BCUT2D eigenvalue weighted by atomic mass is 10.0. The van der Waals surface area contributed by atoms with E-state index in [0.29, 0.717) is 0 Å². The maximum absolute atomic E-state index is 12.8. The van der Waals surface area contributed by atoms with Crippen molar-refractivity contribution < 1.29 is 19.0 Å². The molecule has 0 bridgehead atoms. The van der Waals surface area contributed by atoms with Crippen LogP contribution < -0.4 is 0 Å². The molecular formula is C13H13FO3Si. The van der Waals surface area contributed by atoms with Gasteiger partial charge >= 0.3 is 0 Å². The van der Waals surface area contributed by atoms with Crippen LogP contribution in [-0.2, 0) is 10.4 Å². The summed E-state index contributed by atoms with van der Waals surface area (Å²) < 4.78 is 17.5. The monoisotopic (exact) mass is 264 g/mol. The summed E-state index contributed by atoms with van der Waals surface area (Å²) in [6.07, 6.45) is 0. The highest BCUT2D eigenvalue weighted by atomic mass is 28.2. The van der Waals surface area contributed by atoms with Crippen molar-refractivity contribution in [2.75, 3.05) is 0 Å². The Morgan fingerprint density at radius 3 is 1.78 bits per heavy atom. The zero-order valence-electron chi connectivity index (χ0n) is 9.80. The molecule has 0 atom stereocenters. The predicted octanol–water partition coefficient (Wildman–Crippen LogP) is 0.885. The van der Waals surface area contributed by atoms with E-state index in [-0.39, 0.29) is 21.9 Å². The number of hydrogen-bond acceptors (Lipinski definition) is 3. The molecular weight excluding hydrogens is 251 g/mol. The van der Waals surface area contributed by atoms with Crippen LogP contribution in [0.15, 0.2) is 48.5 Å². The minimum Gasteiger partial charge on any atom is -0.377 e. The van der Waals surface area contributed by atoms with Crippen LogP contribution in [-0.4, -0.2) is 20.7 Å². The van der Waals surface area contributed by atoms with Gasteiger partial charge in [0, 0.05) is 5.56 Å². The van der Waals surface area contributed by atoms with Gasteiger partial charge in [-0.15, -0.1) is 0 Å². The lowest BCUT2D eigenvalue weighted by molar-refractivity contribution is -0.303. The Bertz CT molecular complexity index is 523. The molecule has 0 aromatic heterocycles. The van der Waals surface area contributed by atoms with Gasteiger partial charge in [-0.1, -0.05) is 36.4 Å². The highest BCUT2D eigenvalue weighted by Crippen LogP contribution is 2.24. The number of aliphatic hydroxyl groups is 2. The zero-order valence-corrected chi connectivity index (χ0v) is 11.8. The van der Waals surface area contributed by atoms with Gasteiger partial charge < -0.3 is 14.6 Å². The van der Waals surface area contributed by atoms with E-state index in [2.05, 4.69) is 4.43 Å². The Morgan fingerprint density at radius 2 is 1.33 bits per heavy atom. The van der Waals surface area contributed by atoms with Crippen molar-refractivity contribution in [3.8, 4) is 11.1 Å². The second-order valence-electron chi connectivity index (χ2n) is 3.90. The Kier molecular flexibility index (Phi) is 3.58. The van der Waals surface area contributed by atoms with Crippen molar-refractivity contribution in [3.05, 3.63) is 59.9 Å². The van der Waals surface area contributed by atoms with E-state index in [1.807, 2.05) is 0 Å². The molecule has 0 fully saturated rings. The lowest BCUT2D eigenvalue weighted by Crippen LogP contribution is -2.27. The maximum Gasteiger partial charge on any atom is 0.296 e. The molecule has 0 unspecified atom stereocenters. The molecule has 0 aliphatic heterocycles. The first-order chi connectivity index (χ1) is 8.53. The third-order valence-corrected chi connectivity index (χ3v) is 3.29. The van der Waals surface area contributed by atoms with E-state index >= 15 is 0 Å². The minimum absolute atomic E-state index is 0.213. The second kappa shape index (κ2) is 4.99. The van der Waals surface area contributed by atoms with Crippen LogP contribution >= 0.6 is 0 Å². The summed E-state index contributed by atoms with van der Waals surface area (Å²) in [7, 11) is 0.213. The fourth-order valence-electron chi connectivity index (χ4n) is 1.64. The van der Waals surface area contributed by atoms with E-state index in [1.54, 1.807) is 36.4 Å². The van der Waals surface area contributed by atoms with E-state index in [0.717, 1.165) is 11.1 Å². The van der Waals surface area contributed by atoms with E-state index in [4.69, 9.17) is 0 Å². The molecule has 5 heteroatoms. The van der Waals surface area contributed by atoms with Crippen molar-refractivity contribution in [1.29, 1.82) is 0 Å². The molecule has 2 aromatic carbocycles. The third kappa shape index (κ3) is 2.65. The quantitative estimate of drug-likeness (QED) is 0.639. The number of halogens is 1. The molecule has 0 saturated heterocycles. The SMILES string of the molecule is OC(O)(O[SiH3])c1ccc(-c2ccc(F)cc2)cc1. The molecule has 2 rings (SSSR count). The summed E-state index contributed by atoms with van der Waals surface area (Å²) in [6.45, 7) is 0. The first-order valence-electron chi connectivity index (χ1n) is 5.39. The molecule has 18 heavy (non-hydrogen) atoms. The largest absolute Gasteiger partial charge is 0.377 e. The summed E-state index contributed by atoms with van der Waals surface area (Å²) in [6, 6.07) is 12.7. The molecule has 0 heterocycles. The van der Waals surface area contributed by atoms with Crippen LogP contribution in [0.25, 0.3) is 11.1 Å². The average molecular weight is 264 g/mol. The third-order valence-electron chi connectivity index (χ3n) is 2.72. The molecule has 0 saturated carbocycles. The molecule has 0 spiro atoms. The summed E-state index contributed by atoms with van der Waals surface area (Å²) in [5.41, 5.74) is 1.99. The van der Waals surface area contributed by atoms with Crippen LogP contribution in [0, 0.1) is 5.82 Å². The molecule has 2 N–H and O–H groups in total. The van der Waals surface area contributed by atoms with E-state index in [9.17, 15) is 14.6 Å². The second-order valence-corrected chi connectivity index (χ2v) is 4.30. The molecule has 0 amide bonds. The van der Waals surface area contributed by atoms with Crippen molar-refractivity contribution in [3.63, 3.8) is 0 Å². The van der Waals surface area contributed by atoms with Crippen molar-refractivity contribution in [2.45, 2.75) is 5.97 Å². The fourth-order valence-corrected chi connectivity index (χ4v) is 1.88. The lowest BCUT2D eigenvalue weighted by Gasteiger charge is -2.20. The number of hydrogen-bond donors (Lipinski definition) is 2. The Morgan fingerprint density at radius 1 is 0.889 bits per heavy atom. The van der Waals surface area contributed by atoms with E-state index in [1.165, 1.54) is 12.1 Å². The molecule has 2 aromatic rings. The van der Waals surface area contributed by atoms with Crippen LogP contribution in [0.5, 0.6) is 0 Å². The first-order valence-corrected chi connectivity index (χ1v) is 6.21. The van der Waals surface area contributed by atoms with Crippen LogP contribution in [0.1, 0.15) is 5.56 Å². The zero-order chi connectivity index (χ0) is 13.2. The minimum atomic E-state index is -2.23. The first kappa shape index (κ1) is 12.9. The van der Waals surface area contributed by atoms with Crippen LogP contribution in [0.2, 0.25) is 0 Å². The maximum atomic E-state index is 12.8. The predicted molar refractivity (Wildman–Crippen MR) is 69.0 cm³/mol. The van der Waals surface area contributed by atoms with Gasteiger partial charge in [0.25, 0.3) is 5.97 Å². The fraction of sp³-hybridized carbons (Fsp3) is 0.0769. The van der Waals surface area contributed by atoms with Crippen molar-refractivity contribution in [1.82, 2.24) is 0 Å². The summed E-state index contributed by atoms with van der Waals surface area (Å²) in [5, 5.41) is 19.0. The van der Waals surface area contributed by atoms with Crippen molar-refractivity contribution >= 4 is 10.5 Å². The molecule has 0 aliphatic rings. The number of benzene rings is 2.